The first-order valence-electron chi connectivity index (χ1n) is 4.68. The van der Waals surface area contributed by atoms with E-state index in [-0.39, 0.29) is 6.10 Å². The number of rotatable bonds is 2. The molecule has 0 saturated carbocycles. The number of terminal acetylenes is 1. The molecule has 0 amide bonds. The predicted octanol–water partition coefficient (Wildman–Crippen LogP) is 1.68. The van der Waals surface area contributed by atoms with Gasteiger partial charge in [-0.05, 0) is 36.1 Å². The van der Waals surface area contributed by atoms with E-state index in [0.717, 1.165) is 24.2 Å². The quantitative estimate of drug-likeness (QED) is 0.715. The van der Waals surface area contributed by atoms with Crippen LogP contribution in [0.4, 0.5) is 0 Å². The molecule has 2 nitrogen and oxygen atoms in total. The van der Waals surface area contributed by atoms with Crippen LogP contribution in [0.1, 0.15) is 23.7 Å². The zero-order chi connectivity index (χ0) is 9.97. The maximum atomic E-state index is 9.58. The predicted molar refractivity (Wildman–Crippen MR) is 54.1 cm³/mol. The van der Waals surface area contributed by atoms with Gasteiger partial charge in [-0.25, -0.2) is 0 Å². The van der Waals surface area contributed by atoms with Crippen molar-refractivity contribution in [1.29, 1.82) is 0 Å². The molecular formula is C12H12O2. The normalized spacial score (nSPS) is 18.7. The average Bonchev–Trinajstić information content (AvgIpc) is 2.57. The van der Waals surface area contributed by atoms with E-state index in [9.17, 15) is 5.11 Å². The third-order valence-corrected chi connectivity index (χ3v) is 2.48. The van der Waals surface area contributed by atoms with Gasteiger partial charge in [0.25, 0.3) is 0 Å². The van der Waals surface area contributed by atoms with Crippen LogP contribution in [0.15, 0.2) is 18.2 Å². The van der Waals surface area contributed by atoms with Crippen molar-refractivity contribution in [1.82, 2.24) is 0 Å². The molecule has 0 aromatic heterocycles. The second-order valence-corrected chi connectivity index (χ2v) is 3.41. The fraction of sp³-hybridized carbons (Fsp3) is 0.333. The lowest BCUT2D eigenvalue weighted by molar-refractivity contribution is 0.180. The minimum absolute atomic E-state index is 0.293. The van der Waals surface area contributed by atoms with Gasteiger partial charge in [-0.1, -0.05) is 12.0 Å². The number of hydrogen-bond acceptors (Lipinski definition) is 2. The number of ether oxygens (including phenoxy) is 1. The first-order chi connectivity index (χ1) is 6.81. The molecule has 72 valence electrons. The fourth-order valence-electron chi connectivity index (χ4n) is 1.79. The lowest BCUT2D eigenvalue weighted by atomic mass is 10.1. The molecule has 0 aliphatic heterocycles. The van der Waals surface area contributed by atoms with E-state index in [1.807, 2.05) is 18.2 Å². The second-order valence-electron chi connectivity index (χ2n) is 3.41. The van der Waals surface area contributed by atoms with Gasteiger partial charge in [0, 0.05) is 0 Å². The Labute approximate surface area is 83.5 Å². The van der Waals surface area contributed by atoms with Gasteiger partial charge in [-0.15, -0.1) is 6.42 Å². The number of aliphatic hydroxyl groups is 1. The van der Waals surface area contributed by atoms with Crippen molar-refractivity contribution in [3.05, 3.63) is 29.3 Å². The molecule has 14 heavy (non-hydrogen) atoms. The first kappa shape index (κ1) is 9.11. The van der Waals surface area contributed by atoms with Gasteiger partial charge in [0.05, 0.1) is 6.10 Å². The Morgan fingerprint density at radius 2 is 2.43 bits per heavy atom. The van der Waals surface area contributed by atoms with Crippen LogP contribution in [-0.2, 0) is 6.42 Å². The van der Waals surface area contributed by atoms with Crippen molar-refractivity contribution in [3.63, 3.8) is 0 Å². The lowest BCUT2D eigenvalue weighted by Gasteiger charge is -2.06. The Bertz CT molecular complexity index is 376. The molecule has 1 unspecified atom stereocenters. The summed E-state index contributed by atoms with van der Waals surface area (Å²) in [5, 5.41) is 9.58. The zero-order valence-corrected chi connectivity index (χ0v) is 7.86. The van der Waals surface area contributed by atoms with E-state index >= 15 is 0 Å². The molecule has 0 bridgehead atoms. The third kappa shape index (κ3) is 1.59. The molecule has 1 aliphatic rings. The average molecular weight is 188 g/mol. The Morgan fingerprint density at radius 1 is 1.57 bits per heavy atom. The zero-order valence-electron chi connectivity index (χ0n) is 7.86. The Kier molecular flexibility index (Phi) is 2.43. The van der Waals surface area contributed by atoms with E-state index in [4.69, 9.17) is 11.2 Å². The van der Waals surface area contributed by atoms with Gasteiger partial charge in [0.2, 0.25) is 0 Å². The Morgan fingerprint density at radius 3 is 3.21 bits per heavy atom. The minimum atomic E-state index is -0.299. The van der Waals surface area contributed by atoms with Crippen LogP contribution in [0.3, 0.4) is 0 Å². The highest BCUT2D eigenvalue weighted by molar-refractivity contribution is 5.39. The van der Waals surface area contributed by atoms with Crippen molar-refractivity contribution in [2.45, 2.75) is 18.9 Å². The van der Waals surface area contributed by atoms with Crippen molar-refractivity contribution < 1.29 is 9.84 Å². The van der Waals surface area contributed by atoms with Crippen LogP contribution in [0.5, 0.6) is 5.75 Å². The highest BCUT2D eigenvalue weighted by Crippen LogP contribution is 2.33. The maximum Gasteiger partial charge on any atom is 0.148 e. The summed E-state index contributed by atoms with van der Waals surface area (Å²) in [5.74, 6) is 3.21. The topological polar surface area (TPSA) is 29.5 Å². The summed E-state index contributed by atoms with van der Waals surface area (Å²) in [7, 11) is 0. The molecule has 0 spiro atoms. The van der Waals surface area contributed by atoms with Crippen LogP contribution < -0.4 is 4.74 Å². The molecular weight excluding hydrogens is 176 g/mol. The van der Waals surface area contributed by atoms with Gasteiger partial charge < -0.3 is 9.84 Å². The monoisotopic (exact) mass is 188 g/mol. The van der Waals surface area contributed by atoms with Crippen molar-refractivity contribution in [2.75, 3.05) is 6.61 Å². The number of benzene rings is 1. The minimum Gasteiger partial charge on any atom is -0.481 e. The summed E-state index contributed by atoms with van der Waals surface area (Å²) in [6.07, 6.45) is 6.53. The first-order valence-corrected chi connectivity index (χ1v) is 4.68. The summed E-state index contributed by atoms with van der Waals surface area (Å²) < 4.78 is 5.30. The molecule has 1 atom stereocenters. The van der Waals surface area contributed by atoms with E-state index < -0.39 is 0 Å². The molecule has 0 heterocycles. The standard InChI is InChI=1S/C12H12O2/c1-2-7-14-10-4-5-11-9(8-10)3-6-12(11)13/h1,4-5,8,12-13H,3,6-7H2. The summed E-state index contributed by atoms with van der Waals surface area (Å²) >= 11 is 0. The molecule has 1 N–H and O–H groups in total. The molecule has 0 saturated heterocycles. The summed E-state index contributed by atoms with van der Waals surface area (Å²) in [6, 6.07) is 5.73. The summed E-state index contributed by atoms with van der Waals surface area (Å²) in [6.45, 7) is 0.293. The van der Waals surface area contributed by atoms with E-state index in [0.29, 0.717) is 6.61 Å². The number of hydrogen-bond donors (Lipinski definition) is 1. The SMILES string of the molecule is C#CCOc1ccc2c(c1)CCC2O. The third-order valence-electron chi connectivity index (χ3n) is 2.48. The van der Waals surface area contributed by atoms with Crippen molar-refractivity contribution >= 4 is 0 Å². The Balaban J connectivity index is 2.20. The van der Waals surface area contributed by atoms with E-state index in [2.05, 4.69) is 5.92 Å². The number of aliphatic hydroxyl groups excluding tert-OH is 1. The van der Waals surface area contributed by atoms with E-state index in [1.54, 1.807) is 0 Å². The van der Waals surface area contributed by atoms with Gasteiger partial charge in [0.15, 0.2) is 0 Å². The van der Waals surface area contributed by atoms with E-state index in [1.165, 1.54) is 5.56 Å². The Hall–Kier alpha value is -1.46. The van der Waals surface area contributed by atoms with Crippen molar-refractivity contribution in [2.24, 2.45) is 0 Å². The summed E-state index contributed by atoms with van der Waals surface area (Å²) in [5.41, 5.74) is 2.20. The van der Waals surface area contributed by atoms with Gasteiger partial charge in [-0.2, -0.15) is 0 Å². The smallest absolute Gasteiger partial charge is 0.148 e. The molecule has 2 rings (SSSR count). The molecule has 2 heteroatoms. The molecule has 0 fully saturated rings. The van der Waals surface area contributed by atoms with Gasteiger partial charge in [0.1, 0.15) is 12.4 Å². The highest BCUT2D eigenvalue weighted by Gasteiger charge is 2.20. The van der Waals surface area contributed by atoms with Crippen LogP contribution in [0.25, 0.3) is 0 Å². The molecule has 1 aromatic rings. The molecule has 1 aromatic carbocycles. The number of aryl methyl sites for hydroxylation is 1. The molecule has 0 radical (unpaired) electrons. The van der Waals surface area contributed by atoms with Crippen LogP contribution in [0.2, 0.25) is 0 Å². The fourth-order valence-corrected chi connectivity index (χ4v) is 1.79. The molecule has 1 aliphatic carbocycles. The van der Waals surface area contributed by atoms with Gasteiger partial charge >= 0.3 is 0 Å². The van der Waals surface area contributed by atoms with Gasteiger partial charge in [-0.3, -0.25) is 0 Å². The summed E-state index contributed by atoms with van der Waals surface area (Å²) in [4.78, 5) is 0. The maximum absolute atomic E-state index is 9.58. The lowest BCUT2D eigenvalue weighted by Crippen LogP contribution is -1.95. The number of fused-ring (bicyclic) bond motifs is 1. The van der Waals surface area contributed by atoms with Crippen LogP contribution in [0, 0.1) is 12.3 Å². The van der Waals surface area contributed by atoms with Crippen LogP contribution in [-0.4, -0.2) is 11.7 Å². The largest absolute Gasteiger partial charge is 0.481 e. The second kappa shape index (κ2) is 3.73. The van der Waals surface area contributed by atoms with Crippen molar-refractivity contribution in [3.8, 4) is 18.1 Å². The highest BCUT2D eigenvalue weighted by atomic mass is 16.5. The van der Waals surface area contributed by atoms with Crippen LogP contribution >= 0.6 is 0 Å².